The van der Waals surface area contributed by atoms with Gasteiger partial charge in [-0.15, -0.1) is 0 Å². The average Bonchev–Trinajstić information content (AvgIpc) is 2.51. The molecule has 0 fully saturated rings. The monoisotopic (exact) mass is 418 g/mol. The smallest absolute Gasteiger partial charge is 0.502 e. The normalized spacial score (nSPS) is 12.7. The van der Waals surface area contributed by atoms with Gasteiger partial charge in [-0.25, -0.2) is 0 Å². The second-order valence-electron chi connectivity index (χ2n) is 8.61. The summed E-state index contributed by atoms with van der Waals surface area (Å²) >= 11 is 0. The molecule has 0 aliphatic rings. The van der Waals surface area contributed by atoms with Crippen LogP contribution in [0.3, 0.4) is 0 Å². The minimum atomic E-state index is -2.83. The highest BCUT2D eigenvalue weighted by Crippen LogP contribution is 2.25. The average molecular weight is 419 g/mol. The lowest BCUT2D eigenvalue weighted by molar-refractivity contribution is 0.103. The molecule has 0 aliphatic carbocycles. The second-order valence-corrected chi connectivity index (χ2v) is 20.6. The van der Waals surface area contributed by atoms with Crippen molar-refractivity contribution in [1.82, 2.24) is 0 Å². The molecule has 0 aromatic heterocycles. The molecule has 27 heavy (non-hydrogen) atoms. The number of rotatable bonds is 8. The fraction of sp³-hybridized carbons (Fsp3) is 0.350. The minimum absolute atomic E-state index is 0.00106. The molecule has 0 radical (unpaired) electrons. The summed E-state index contributed by atoms with van der Waals surface area (Å²) in [4.78, 5) is 12.5. The number of benzene rings is 2. The molecule has 4 nitrogen and oxygen atoms in total. The van der Waals surface area contributed by atoms with Gasteiger partial charge in [-0.3, -0.25) is 4.79 Å². The highest BCUT2D eigenvalue weighted by Gasteiger charge is 2.45. The van der Waals surface area contributed by atoms with E-state index < -0.39 is 25.4 Å². The molecule has 0 atom stereocenters. The summed E-state index contributed by atoms with van der Waals surface area (Å²) in [6.45, 7) is 14.8. The quantitative estimate of drug-likeness (QED) is 0.415. The summed E-state index contributed by atoms with van der Waals surface area (Å²) in [5.41, 5.74) is 1.31. The first-order valence-electron chi connectivity index (χ1n) is 9.16. The van der Waals surface area contributed by atoms with E-state index in [1.54, 1.807) is 12.1 Å². The van der Waals surface area contributed by atoms with Crippen molar-refractivity contribution in [2.24, 2.45) is 0 Å². The van der Waals surface area contributed by atoms with Gasteiger partial charge in [-0.2, -0.15) is 0 Å². The first-order chi connectivity index (χ1) is 12.4. The number of carbonyl (C=O) groups excluding carboxylic acids is 1. The summed E-state index contributed by atoms with van der Waals surface area (Å²) in [6, 6.07) is 16.5. The first kappa shape index (κ1) is 21.8. The summed E-state index contributed by atoms with van der Waals surface area (Å²) in [7, 11) is -6.51. The minimum Gasteiger partial charge on any atom is -0.502 e. The zero-order valence-corrected chi connectivity index (χ0v) is 20.3. The Morgan fingerprint density at radius 1 is 0.667 bits per heavy atom. The Hall–Kier alpha value is -1.52. The van der Waals surface area contributed by atoms with Gasteiger partial charge in [0.25, 0.3) is 0 Å². The molecule has 0 saturated heterocycles. The largest absolute Gasteiger partial charge is 0.541 e. The molecular weight excluding hydrogens is 388 g/mol. The van der Waals surface area contributed by atoms with Crippen LogP contribution in [-0.2, 0) is 8.23 Å². The first-order valence-corrected chi connectivity index (χ1v) is 18.2. The molecule has 0 heterocycles. The summed E-state index contributed by atoms with van der Waals surface area (Å²) in [5, 5.41) is 0. The number of ketones is 1. The van der Waals surface area contributed by atoms with Crippen molar-refractivity contribution < 1.29 is 17.5 Å². The van der Waals surface area contributed by atoms with E-state index in [0.29, 0.717) is 16.9 Å². The molecule has 0 saturated carbocycles. The molecule has 7 heteroatoms. The van der Waals surface area contributed by atoms with E-state index in [1.807, 2.05) is 49.0 Å². The van der Waals surface area contributed by atoms with Crippen LogP contribution in [-0.4, -0.2) is 31.2 Å². The zero-order chi connectivity index (χ0) is 20.3. The van der Waals surface area contributed by atoms with Gasteiger partial charge in [-0.05, 0) is 63.5 Å². The lowest BCUT2D eigenvalue weighted by atomic mass is 10.0. The second kappa shape index (κ2) is 8.24. The maximum atomic E-state index is 12.5. The Bertz CT molecular complexity index is 747. The van der Waals surface area contributed by atoms with Crippen molar-refractivity contribution >= 4 is 31.2 Å². The van der Waals surface area contributed by atoms with Gasteiger partial charge in [0.1, 0.15) is 5.75 Å². The Kier molecular flexibility index (Phi) is 6.64. The molecule has 2 rings (SSSR count). The standard InChI is InChI=1S/C20H30O4Si3/c1-25(2,3)23-27(7,24-26(4,5)6)22-19-15-13-18(14-16-19)20(21)17-11-9-8-10-12-17/h8-16H,1-7H3. The van der Waals surface area contributed by atoms with Crippen LogP contribution in [0.15, 0.2) is 54.6 Å². The molecular formula is C20H30O4Si3. The zero-order valence-electron chi connectivity index (χ0n) is 17.3. The third-order valence-electron chi connectivity index (χ3n) is 3.44. The fourth-order valence-electron chi connectivity index (χ4n) is 2.82. The van der Waals surface area contributed by atoms with E-state index in [2.05, 4.69) is 39.3 Å². The van der Waals surface area contributed by atoms with Crippen LogP contribution in [0, 0.1) is 0 Å². The molecule has 0 bridgehead atoms. The molecule has 0 unspecified atom stereocenters. The van der Waals surface area contributed by atoms with Crippen LogP contribution in [0.2, 0.25) is 45.8 Å². The van der Waals surface area contributed by atoms with E-state index in [9.17, 15) is 4.79 Å². The molecule has 0 aliphatic heterocycles. The Balaban J connectivity index is 2.20. The highest BCUT2D eigenvalue weighted by molar-refractivity contribution is 6.85. The van der Waals surface area contributed by atoms with Crippen LogP contribution in [0.5, 0.6) is 5.75 Å². The van der Waals surface area contributed by atoms with E-state index in [0.717, 1.165) is 0 Å². The Labute approximate surface area is 166 Å². The predicted octanol–water partition coefficient (Wildman–Crippen LogP) is 5.57. The highest BCUT2D eigenvalue weighted by atomic mass is 28.5. The number of carbonyl (C=O) groups is 1. The van der Waals surface area contributed by atoms with Gasteiger partial charge in [0, 0.05) is 17.7 Å². The van der Waals surface area contributed by atoms with Crippen molar-refractivity contribution in [2.75, 3.05) is 0 Å². The third kappa shape index (κ3) is 7.19. The number of hydrogen-bond donors (Lipinski definition) is 0. The van der Waals surface area contributed by atoms with Crippen LogP contribution < -0.4 is 4.43 Å². The number of hydrogen-bond acceptors (Lipinski definition) is 4. The van der Waals surface area contributed by atoms with E-state index in [1.165, 1.54) is 0 Å². The van der Waals surface area contributed by atoms with Crippen molar-refractivity contribution in [2.45, 2.75) is 45.8 Å². The van der Waals surface area contributed by atoms with Gasteiger partial charge in [-0.1, -0.05) is 30.3 Å². The van der Waals surface area contributed by atoms with Crippen molar-refractivity contribution in [3.63, 3.8) is 0 Å². The van der Waals surface area contributed by atoms with Gasteiger partial charge in [0.2, 0.25) is 0 Å². The van der Waals surface area contributed by atoms with Gasteiger partial charge >= 0.3 is 8.80 Å². The van der Waals surface area contributed by atoms with E-state index in [4.69, 9.17) is 12.7 Å². The van der Waals surface area contributed by atoms with Gasteiger partial charge < -0.3 is 12.7 Å². The lowest BCUT2D eigenvalue weighted by Crippen LogP contribution is -2.56. The van der Waals surface area contributed by atoms with Crippen molar-refractivity contribution in [1.29, 1.82) is 0 Å². The molecule has 2 aromatic rings. The fourth-order valence-corrected chi connectivity index (χ4v) is 13.2. The maximum Gasteiger partial charge on any atom is 0.541 e. The van der Waals surface area contributed by atoms with Crippen molar-refractivity contribution in [3.05, 3.63) is 65.7 Å². The Morgan fingerprint density at radius 2 is 1.11 bits per heavy atom. The van der Waals surface area contributed by atoms with E-state index >= 15 is 0 Å². The summed E-state index contributed by atoms with van der Waals surface area (Å²) < 4.78 is 19.0. The van der Waals surface area contributed by atoms with Crippen LogP contribution in [0.1, 0.15) is 15.9 Å². The van der Waals surface area contributed by atoms with Crippen LogP contribution >= 0.6 is 0 Å². The molecule has 146 valence electrons. The van der Waals surface area contributed by atoms with Crippen LogP contribution in [0.25, 0.3) is 0 Å². The topological polar surface area (TPSA) is 44.8 Å². The summed E-state index contributed by atoms with van der Waals surface area (Å²) in [5.74, 6) is 0.670. The van der Waals surface area contributed by atoms with E-state index in [-0.39, 0.29) is 5.78 Å². The third-order valence-corrected chi connectivity index (χ3v) is 11.9. The molecule has 2 aromatic carbocycles. The summed E-state index contributed by atoms with van der Waals surface area (Å²) in [6.07, 6.45) is 0. The SMILES string of the molecule is C[Si](C)(C)O[Si](C)(Oc1ccc(C(=O)c2ccccc2)cc1)O[Si](C)(C)C. The molecule has 0 spiro atoms. The Morgan fingerprint density at radius 3 is 1.56 bits per heavy atom. The van der Waals surface area contributed by atoms with Gasteiger partial charge in [0.15, 0.2) is 22.4 Å². The molecule has 0 N–H and O–H groups in total. The van der Waals surface area contributed by atoms with Crippen LogP contribution in [0.4, 0.5) is 0 Å². The van der Waals surface area contributed by atoms with Crippen molar-refractivity contribution in [3.8, 4) is 5.75 Å². The van der Waals surface area contributed by atoms with Gasteiger partial charge in [0.05, 0.1) is 0 Å². The predicted molar refractivity (Wildman–Crippen MR) is 117 cm³/mol. The molecule has 0 amide bonds. The maximum absolute atomic E-state index is 12.5. The lowest BCUT2D eigenvalue weighted by Gasteiger charge is -2.37.